The predicted octanol–water partition coefficient (Wildman–Crippen LogP) is 3.61. The number of amides is 2. The molecule has 0 heterocycles. The molecule has 2 amide bonds. The number of rotatable bonds is 8. The number of nitrogens with one attached hydrogen (secondary N) is 1. The van der Waals surface area contributed by atoms with Crippen molar-refractivity contribution in [2.75, 3.05) is 36.4 Å². The van der Waals surface area contributed by atoms with E-state index in [1.807, 2.05) is 52.0 Å². The van der Waals surface area contributed by atoms with Gasteiger partial charge in [-0.15, -0.1) is 0 Å². The van der Waals surface area contributed by atoms with E-state index in [1.54, 1.807) is 4.90 Å². The maximum Gasteiger partial charge on any atom is 0.313 e. The summed E-state index contributed by atoms with van der Waals surface area (Å²) in [5, 5.41) is 2.72. The van der Waals surface area contributed by atoms with Gasteiger partial charge in [-0.05, 0) is 49.9 Å². The highest BCUT2D eigenvalue weighted by Gasteiger charge is 2.23. The molecule has 1 aromatic rings. The van der Waals surface area contributed by atoms with Gasteiger partial charge >= 0.3 is 11.8 Å². The van der Waals surface area contributed by atoms with Crippen molar-refractivity contribution in [2.45, 2.75) is 41.5 Å². The average molecular weight is 348 g/mol. The molecule has 5 heteroatoms. The van der Waals surface area contributed by atoms with E-state index in [-0.39, 0.29) is 0 Å². The quantitative estimate of drug-likeness (QED) is 0.731. The van der Waals surface area contributed by atoms with Gasteiger partial charge in [0.25, 0.3) is 0 Å². The minimum atomic E-state index is -0.572. The van der Waals surface area contributed by atoms with Crippen LogP contribution in [0.2, 0.25) is 0 Å². The third kappa shape index (κ3) is 6.77. The average Bonchev–Trinajstić information content (AvgIpc) is 2.55. The number of anilines is 2. The Balaban J connectivity index is 2.77. The van der Waals surface area contributed by atoms with E-state index in [9.17, 15) is 9.59 Å². The van der Waals surface area contributed by atoms with Crippen LogP contribution in [0, 0.1) is 11.8 Å². The van der Waals surface area contributed by atoms with E-state index in [4.69, 9.17) is 0 Å². The normalized spacial score (nSPS) is 10.9. The zero-order valence-electron chi connectivity index (χ0n) is 16.5. The van der Waals surface area contributed by atoms with Crippen LogP contribution in [0.3, 0.4) is 0 Å². The molecule has 0 aliphatic heterocycles. The molecular weight excluding hydrogens is 314 g/mol. The summed E-state index contributed by atoms with van der Waals surface area (Å²) in [6.45, 7) is 15.4. The molecule has 0 fully saturated rings. The smallest absolute Gasteiger partial charge is 0.313 e. The molecule has 5 nitrogen and oxygen atoms in total. The molecule has 0 bridgehead atoms. The maximum absolute atomic E-state index is 12.5. The first-order valence-corrected chi connectivity index (χ1v) is 9.23. The van der Waals surface area contributed by atoms with Crippen LogP contribution in [-0.4, -0.2) is 42.9 Å². The van der Waals surface area contributed by atoms with Gasteiger partial charge in [-0.1, -0.05) is 27.7 Å². The Labute approximate surface area is 152 Å². The molecule has 1 aromatic carbocycles. The highest BCUT2D eigenvalue weighted by atomic mass is 16.2. The molecular formula is C20H33N3O2. The maximum atomic E-state index is 12.5. The third-order valence-electron chi connectivity index (χ3n) is 3.91. The molecule has 0 saturated carbocycles. The summed E-state index contributed by atoms with van der Waals surface area (Å²) in [7, 11) is 0. The summed E-state index contributed by atoms with van der Waals surface area (Å²) >= 11 is 0. The number of carbonyl (C=O) groups is 2. The van der Waals surface area contributed by atoms with Crippen molar-refractivity contribution < 1.29 is 9.59 Å². The van der Waals surface area contributed by atoms with E-state index >= 15 is 0 Å². The summed E-state index contributed by atoms with van der Waals surface area (Å²) in [4.78, 5) is 28.7. The van der Waals surface area contributed by atoms with Crippen LogP contribution in [-0.2, 0) is 9.59 Å². The zero-order chi connectivity index (χ0) is 19.0. The van der Waals surface area contributed by atoms with Crippen LogP contribution < -0.4 is 10.2 Å². The third-order valence-corrected chi connectivity index (χ3v) is 3.91. The lowest BCUT2D eigenvalue weighted by molar-refractivity contribution is -0.143. The molecule has 0 spiro atoms. The predicted molar refractivity (Wildman–Crippen MR) is 105 cm³/mol. The van der Waals surface area contributed by atoms with Crippen LogP contribution in [0.5, 0.6) is 0 Å². The first-order valence-electron chi connectivity index (χ1n) is 9.23. The molecule has 1 N–H and O–H groups in total. The van der Waals surface area contributed by atoms with Crippen LogP contribution in [0.15, 0.2) is 24.3 Å². The van der Waals surface area contributed by atoms with E-state index in [2.05, 4.69) is 24.1 Å². The van der Waals surface area contributed by atoms with Gasteiger partial charge < -0.3 is 15.1 Å². The van der Waals surface area contributed by atoms with Crippen molar-refractivity contribution in [1.82, 2.24) is 4.90 Å². The van der Waals surface area contributed by atoms with E-state index in [0.29, 0.717) is 30.6 Å². The van der Waals surface area contributed by atoms with Crippen molar-refractivity contribution in [2.24, 2.45) is 11.8 Å². The minimum absolute atomic E-state index is 0.323. The second-order valence-electron chi connectivity index (χ2n) is 7.17. The lowest BCUT2D eigenvalue weighted by Crippen LogP contribution is -2.43. The van der Waals surface area contributed by atoms with Crippen LogP contribution >= 0.6 is 0 Å². The molecule has 0 atom stereocenters. The van der Waals surface area contributed by atoms with Crippen LogP contribution in [0.4, 0.5) is 11.4 Å². The van der Waals surface area contributed by atoms with Crippen molar-refractivity contribution in [3.8, 4) is 0 Å². The van der Waals surface area contributed by atoms with Gasteiger partial charge in [0.15, 0.2) is 0 Å². The Morgan fingerprint density at radius 3 is 1.80 bits per heavy atom. The Morgan fingerprint density at radius 1 is 0.920 bits per heavy atom. The largest absolute Gasteiger partial charge is 0.372 e. The highest BCUT2D eigenvalue weighted by Crippen LogP contribution is 2.18. The van der Waals surface area contributed by atoms with Gasteiger partial charge in [0.1, 0.15) is 0 Å². The van der Waals surface area contributed by atoms with E-state index in [1.165, 1.54) is 0 Å². The highest BCUT2D eigenvalue weighted by molar-refractivity contribution is 6.39. The summed E-state index contributed by atoms with van der Waals surface area (Å²) in [6.07, 6.45) is 0. The lowest BCUT2D eigenvalue weighted by atomic mass is 10.1. The monoisotopic (exact) mass is 347 g/mol. The van der Waals surface area contributed by atoms with E-state index < -0.39 is 11.8 Å². The number of carbonyl (C=O) groups excluding carboxylic acids is 2. The van der Waals surface area contributed by atoms with Crippen molar-refractivity contribution in [1.29, 1.82) is 0 Å². The Morgan fingerprint density at radius 2 is 1.40 bits per heavy atom. The molecule has 0 aromatic heterocycles. The fourth-order valence-corrected chi connectivity index (χ4v) is 2.79. The van der Waals surface area contributed by atoms with Gasteiger partial charge in [0, 0.05) is 37.6 Å². The van der Waals surface area contributed by atoms with Crippen molar-refractivity contribution in [3.05, 3.63) is 24.3 Å². The number of nitrogens with zero attached hydrogens (tertiary/aromatic N) is 2. The molecule has 0 aliphatic rings. The first-order chi connectivity index (χ1) is 11.8. The van der Waals surface area contributed by atoms with Gasteiger partial charge in [0.2, 0.25) is 0 Å². The van der Waals surface area contributed by atoms with Crippen LogP contribution in [0.25, 0.3) is 0 Å². The van der Waals surface area contributed by atoms with Crippen LogP contribution in [0.1, 0.15) is 41.5 Å². The summed E-state index contributed by atoms with van der Waals surface area (Å²) in [6, 6.07) is 7.61. The number of hydrogen-bond donors (Lipinski definition) is 1. The molecule has 0 aliphatic carbocycles. The van der Waals surface area contributed by atoms with Gasteiger partial charge in [0.05, 0.1) is 0 Å². The van der Waals surface area contributed by atoms with Crippen molar-refractivity contribution >= 4 is 23.2 Å². The standard InChI is InChI=1S/C20H33N3O2/c1-7-22(8-2)18-11-9-17(10-12-18)21-19(24)20(25)23(13-15(3)4)14-16(5)6/h9-12,15-16H,7-8,13-14H2,1-6H3,(H,21,24). The lowest BCUT2D eigenvalue weighted by Gasteiger charge is -2.25. The van der Waals surface area contributed by atoms with Gasteiger partial charge in [-0.3, -0.25) is 9.59 Å². The van der Waals surface area contributed by atoms with E-state index in [0.717, 1.165) is 18.8 Å². The molecule has 1 rings (SSSR count). The second-order valence-corrected chi connectivity index (χ2v) is 7.17. The molecule has 0 saturated heterocycles. The molecule has 0 unspecified atom stereocenters. The number of hydrogen-bond acceptors (Lipinski definition) is 3. The SMILES string of the molecule is CCN(CC)c1ccc(NC(=O)C(=O)N(CC(C)C)CC(C)C)cc1. The van der Waals surface area contributed by atoms with Gasteiger partial charge in [-0.2, -0.15) is 0 Å². The van der Waals surface area contributed by atoms with Crippen molar-refractivity contribution in [3.63, 3.8) is 0 Å². The molecule has 140 valence electrons. The molecule has 0 radical (unpaired) electrons. The topological polar surface area (TPSA) is 52.7 Å². The summed E-state index contributed by atoms with van der Waals surface area (Å²) in [5.74, 6) is -0.389. The minimum Gasteiger partial charge on any atom is -0.372 e. The summed E-state index contributed by atoms with van der Waals surface area (Å²) < 4.78 is 0. The zero-order valence-corrected chi connectivity index (χ0v) is 16.5. The summed E-state index contributed by atoms with van der Waals surface area (Å²) in [5.41, 5.74) is 1.75. The Hall–Kier alpha value is -2.04. The fraction of sp³-hybridized carbons (Fsp3) is 0.600. The number of benzene rings is 1. The fourth-order valence-electron chi connectivity index (χ4n) is 2.79. The molecule has 25 heavy (non-hydrogen) atoms. The first kappa shape index (κ1) is 21.0. The Kier molecular flexibility index (Phi) is 8.46. The Bertz CT molecular complexity index is 539. The van der Waals surface area contributed by atoms with Gasteiger partial charge in [-0.25, -0.2) is 0 Å². The second kappa shape index (κ2) is 10.1.